The van der Waals surface area contributed by atoms with E-state index >= 15 is 0 Å². The van der Waals surface area contributed by atoms with Crippen LogP contribution in [0.1, 0.15) is 44.7 Å². The van der Waals surface area contributed by atoms with E-state index in [0.29, 0.717) is 41.7 Å². The second kappa shape index (κ2) is 10.6. The maximum Gasteiger partial charge on any atom is 0.338 e. The lowest BCUT2D eigenvalue weighted by molar-refractivity contribution is -0.139. The van der Waals surface area contributed by atoms with Crippen molar-refractivity contribution in [3.05, 3.63) is 52.2 Å². The molecule has 0 radical (unpaired) electrons. The van der Waals surface area contributed by atoms with E-state index in [-0.39, 0.29) is 30.8 Å². The summed E-state index contributed by atoms with van der Waals surface area (Å²) in [6, 6.07) is 6.99. The first-order chi connectivity index (χ1) is 16.8. The molecule has 3 aliphatic heterocycles. The largest absolute Gasteiger partial charge is 0.497 e. The highest BCUT2D eigenvalue weighted by molar-refractivity contribution is 8.16. The predicted molar refractivity (Wildman–Crippen MR) is 133 cm³/mol. The summed E-state index contributed by atoms with van der Waals surface area (Å²) in [6.45, 7) is 4.73. The summed E-state index contributed by atoms with van der Waals surface area (Å²) in [7, 11) is 1.59. The van der Waals surface area contributed by atoms with Crippen LogP contribution in [0.3, 0.4) is 0 Å². The number of hydrogen-bond donors (Lipinski definition) is 1. The van der Waals surface area contributed by atoms with Gasteiger partial charge in [0.2, 0.25) is 11.8 Å². The topological polar surface area (TPSA) is 115 Å². The van der Waals surface area contributed by atoms with E-state index in [9.17, 15) is 14.4 Å². The van der Waals surface area contributed by atoms with Crippen LogP contribution in [0.15, 0.2) is 51.6 Å². The van der Waals surface area contributed by atoms with E-state index in [1.165, 1.54) is 11.8 Å². The molecule has 3 aliphatic rings. The Hall–Kier alpha value is -3.27. The van der Waals surface area contributed by atoms with Crippen molar-refractivity contribution in [1.82, 2.24) is 9.80 Å². The zero-order valence-corrected chi connectivity index (χ0v) is 21.0. The highest BCUT2D eigenvalue weighted by atomic mass is 32.2. The first-order valence-corrected chi connectivity index (χ1v) is 12.5. The predicted octanol–water partition coefficient (Wildman–Crippen LogP) is 2.95. The molecule has 0 spiro atoms. The number of nitrogens with two attached hydrogens (primary N) is 1. The first kappa shape index (κ1) is 24.8. The molecule has 35 heavy (non-hydrogen) atoms. The molecule has 2 atom stereocenters. The number of thioether (sulfide) groups is 1. The van der Waals surface area contributed by atoms with Gasteiger partial charge >= 0.3 is 5.97 Å². The Balaban J connectivity index is 1.66. The van der Waals surface area contributed by atoms with Gasteiger partial charge in [0.05, 0.1) is 43.4 Å². The molecule has 0 aliphatic carbocycles. The third kappa shape index (κ3) is 5.07. The van der Waals surface area contributed by atoms with E-state index in [4.69, 9.17) is 15.2 Å². The molecular formula is C25H30N4O5S. The number of hydrogen-bond acceptors (Lipinski definition) is 8. The Bertz CT molecular complexity index is 1130. The molecule has 4 rings (SSSR count). The van der Waals surface area contributed by atoms with Gasteiger partial charge in [-0.25, -0.2) is 9.79 Å². The minimum atomic E-state index is -0.523. The second-order valence-corrected chi connectivity index (χ2v) is 9.48. The Morgan fingerprint density at radius 3 is 2.80 bits per heavy atom. The van der Waals surface area contributed by atoms with Crippen molar-refractivity contribution in [1.29, 1.82) is 0 Å². The van der Waals surface area contributed by atoms with Crippen molar-refractivity contribution in [2.75, 3.05) is 26.8 Å². The number of carbonyl (C=O) groups is 3. The molecule has 1 saturated heterocycles. The standard InChI is InChI=1S/C25H30N4O5S/c1-4-34-24(32)21-15(2)27-25-29(22(21)16-7-5-9-19(11-16)33-3)18(14-35-25)12-20(30)28-10-6-8-17(13-28)23(26)31/h5,7,9,11,14,17,22H,4,6,8,10,12-13H2,1-3H3,(H2,26,31)/t17-,22-/m1/s1. The molecule has 186 valence electrons. The van der Waals surface area contributed by atoms with Crippen LogP contribution in [-0.2, 0) is 19.1 Å². The first-order valence-electron chi connectivity index (χ1n) is 11.7. The number of nitrogens with zero attached hydrogens (tertiary/aromatic N) is 3. The SMILES string of the molecule is CCOC(=O)C1=C(C)N=C2SC=C(CC(=O)N3CCC[C@@H](C(N)=O)C3)N2[C@@H]1c1cccc(OC)c1. The van der Waals surface area contributed by atoms with E-state index < -0.39 is 12.0 Å². The number of esters is 1. The van der Waals surface area contributed by atoms with Crippen LogP contribution >= 0.6 is 11.8 Å². The second-order valence-electron chi connectivity index (χ2n) is 8.65. The average Bonchev–Trinajstić information content (AvgIpc) is 3.25. The van der Waals surface area contributed by atoms with Gasteiger partial charge < -0.3 is 25.0 Å². The maximum atomic E-state index is 13.3. The minimum absolute atomic E-state index is 0.0857. The van der Waals surface area contributed by atoms with E-state index in [1.807, 2.05) is 34.6 Å². The summed E-state index contributed by atoms with van der Waals surface area (Å²) in [5.74, 6) is -0.564. The number of carbonyl (C=O) groups excluding carboxylic acids is 3. The number of rotatable bonds is 7. The molecule has 0 aromatic heterocycles. The highest BCUT2D eigenvalue weighted by Gasteiger charge is 2.41. The van der Waals surface area contributed by atoms with Crippen molar-refractivity contribution in [3.8, 4) is 5.75 Å². The number of fused-ring (bicyclic) bond motifs is 1. The lowest BCUT2D eigenvalue weighted by Crippen LogP contribution is -2.45. The van der Waals surface area contributed by atoms with Crippen LogP contribution < -0.4 is 10.5 Å². The van der Waals surface area contributed by atoms with Crippen LogP contribution in [0.2, 0.25) is 0 Å². The zero-order chi connectivity index (χ0) is 25.1. The van der Waals surface area contributed by atoms with Crippen molar-refractivity contribution >= 4 is 34.7 Å². The molecule has 3 heterocycles. The number of ether oxygens (including phenoxy) is 2. The van der Waals surface area contributed by atoms with Gasteiger partial charge in [0.1, 0.15) is 5.75 Å². The van der Waals surface area contributed by atoms with Crippen LogP contribution in [0, 0.1) is 5.92 Å². The van der Waals surface area contributed by atoms with Crippen molar-refractivity contribution in [2.24, 2.45) is 16.6 Å². The molecule has 0 saturated carbocycles. The lowest BCUT2D eigenvalue weighted by Gasteiger charge is -2.37. The molecule has 9 nitrogen and oxygen atoms in total. The van der Waals surface area contributed by atoms with Gasteiger partial charge in [0, 0.05) is 18.8 Å². The van der Waals surface area contributed by atoms with E-state index in [0.717, 1.165) is 17.7 Å². The summed E-state index contributed by atoms with van der Waals surface area (Å²) in [5, 5.41) is 2.60. The van der Waals surface area contributed by atoms with Crippen LogP contribution in [0.4, 0.5) is 0 Å². The Kier molecular flexibility index (Phi) is 7.49. The maximum absolute atomic E-state index is 13.3. The third-order valence-electron chi connectivity index (χ3n) is 6.41. The summed E-state index contributed by atoms with van der Waals surface area (Å²) < 4.78 is 10.8. The average molecular weight is 499 g/mol. The van der Waals surface area contributed by atoms with Crippen molar-refractivity contribution in [2.45, 2.75) is 39.2 Å². The fraction of sp³-hybridized carbons (Fsp3) is 0.440. The summed E-state index contributed by atoms with van der Waals surface area (Å²) in [4.78, 5) is 46.3. The lowest BCUT2D eigenvalue weighted by atomic mass is 9.93. The third-order valence-corrected chi connectivity index (χ3v) is 7.30. The van der Waals surface area contributed by atoms with Gasteiger partial charge in [-0.1, -0.05) is 23.9 Å². The molecule has 1 aromatic carbocycles. The van der Waals surface area contributed by atoms with Gasteiger partial charge in [-0.2, -0.15) is 0 Å². The molecule has 1 fully saturated rings. The number of allylic oxidation sites excluding steroid dienone is 1. The normalized spacial score (nSPS) is 21.8. The number of likely N-dealkylation sites (tertiary alicyclic amines) is 1. The fourth-order valence-electron chi connectivity index (χ4n) is 4.67. The van der Waals surface area contributed by atoms with Crippen LogP contribution in [0.25, 0.3) is 0 Å². The number of amidine groups is 1. The number of piperidine rings is 1. The van der Waals surface area contributed by atoms with E-state index in [1.54, 1.807) is 25.9 Å². The molecule has 10 heteroatoms. The minimum Gasteiger partial charge on any atom is -0.497 e. The summed E-state index contributed by atoms with van der Waals surface area (Å²) in [6.07, 6.45) is 1.56. The van der Waals surface area contributed by atoms with Gasteiger partial charge in [0.15, 0.2) is 5.17 Å². The number of methoxy groups -OCH3 is 1. The summed E-state index contributed by atoms with van der Waals surface area (Å²) >= 11 is 1.42. The molecule has 2 N–H and O–H groups in total. The number of benzene rings is 1. The van der Waals surface area contributed by atoms with Crippen LogP contribution in [0.5, 0.6) is 5.75 Å². The molecule has 2 amide bonds. The van der Waals surface area contributed by atoms with Gasteiger partial charge in [-0.3, -0.25) is 9.59 Å². The number of amides is 2. The number of primary amides is 1. The quantitative estimate of drug-likeness (QED) is 0.575. The number of aliphatic imine (C=N–C) groups is 1. The Morgan fingerprint density at radius 1 is 1.29 bits per heavy atom. The highest BCUT2D eigenvalue weighted by Crippen LogP contribution is 2.45. The van der Waals surface area contributed by atoms with Crippen molar-refractivity contribution < 1.29 is 23.9 Å². The zero-order valence-electron chi connectivity index (χ0n) is 20.2. The molecular weight excluding hydrogens is 468 g/mol. The molecule has 0 unspecified atom stereocenters. The Morgan fingerprint density at radius 2 is 2.09 bits per heavy atom. The van der Waals surface area contributed by atoms with E-state index in [2.05, 4.69) is 4.99 Å². The monoisotopic (exact) mass is 498 g/mol. The Labute approximate surface area is 209 Å². The van der Waals surface area contributed by atoms with Crippen molar-refractivity contribution in [3.63, 3.8) is 0 Å². The smallest absolute Gasteiger partial charge is 0.338 e. The van der Waals surface area contributed by atoms with Gasteiger partial charge in [-0.05, 0) is 49.8 Å². The van der Waals surface area contributed by atoms with Crippen LogP contribution in [-0.4, -0.2) is 59.6 Å². The van der Waals surface area contributed by atoms with Gasteiger partial charge in [0.25, 0.3) is 0 Å². The molecule has 0 bridgehead atoms. The van der Waals surface area contributed by atoms with Gasteiger partial charge in [-0.15, -0.1) is 0 Å². The fourth-order valence-corrected chi connectivity index (χ4v) is 5.63. The summed E-state index contributed by atoms with van der Waals surface area (Å²) in [5.41, 5.74) is 8.06. The molecule has 1 aromatic rings.